The number of carbonyl (C=O) groups excluding carboxylic acids is 1. The SMILES string of the molecule is CCOC(=O)C1CCc2sc(NC3CC3(C)C)nc21. The second-order valence-electron chi connectivity index (χ2n) is 6.06. The molecule has 0 aromatic carbocycles. The van der Waals surface area contributed by atoms with Gasteiger partial charge in [-0.15, -0.1) is 11.3 Å². The zero-order valence-corrected chi connectivity index (χ0v) is 12.5. The molecule has 19 heavy (non-hydrogen) atoms. The number of fused-ring (bicyclic) bond motifs is 1. The zero-order chi connectivity index (χ0) is 13.6. The van der Waals surface area contributed by atoms with Gasteiger partial charge in [0.05, 0.1) is 12.3 Å². The number of aryl methyl sites for hydroxylation is 1. The van der Waals surface area contributed by atoms with E-state index in [-0.39, 0.29) is 11.9 Å². The third-order valence-electron chi connectivity index (χ3n) is 4.10. The molecule has 4 nitrogen and oxygen atoms in total. The molecule has 0 bridgehead atoms. The van der Waals surface area contributed by atoms with E-state index in [0.29, 0.717) is 18.1 Å². The van der Waals surface area contributed by atoms with Crippen LogP contribution in [0.2, 0.25) is 0 Å². The predicted molar refractivity (Wildman–Crippen MR) is 75.6 cm³/mol. The third-order valence-corrected chi connectivity index (χ3v) is 5.16. The predicted octanol–water partition coefficient (Wildman–Crippen LogP) is 2.95. The number of ether oxygens (including phenoxy) is 1. The summed E-state index contributed by atoms with van der Waals surface area (Å²) in [6.45, 7) is 6.80. The van der Waals surface area contributed by atoms with Crippen LogP contribution in [0.3, 0.4) is 0 Å². The molecule has 0 aliphatic heterocycles. The summed E-state index contributed by atoms with van der Waals surface area (Å²) in [4.78, 5) is 17.8. The van der Waals surface area contributed by atoms with Crippen LogP contribution in [0, 0.1) is 5.41 Å². The van der Waals surface area contributed by atoms with Crippen LogP contribution in [0.5, 0.6) is 0 Å². The van der Waals surface area contributed by atoms with Crippen LogP contribution in [0.4, 0.5) is 5.13 Å². The molecule has 1 saturated carbocycles. The zero-order valence-electron chi connectivity index (χ0n) is 11.7. The van der Waals surface area contributed by atoms with Crippen LogP contribution < -0.4 is 5.32 Å². The number of carbonyl (C=O) groups is 1. The number of hydrogen-bond donors (Lipinski definition) is 1. The van der Waals surface area contributed by atoms with Gasteiger partial charge in [0.2, 0.25) is 0 Å². The molecule has 2 atom stereocenters. The minimum Gasteiger partial charge on any atom is -0.465 e. The maximum absolute atomic E-state index is 11.9. The van der Waals surface area contributed by atoms with Crippen LogP contribution in [0.25, 0.3) is 0 Å². The van der Waals surface area contributed by atoms with Gasteiger partial charge in [0.1, 0.15) is 5.92 Å². The van der Waals surface area contributed by atoms with Crippen molar-refractivity contribution in [2.75, 3.05) is 11.9 Å². The van der Waals surface area contributed by atoms with E-state index in [0.717, 1.165) is 23.7 Å². The highest BCUT2D eigenvalue weighted by Crippen LogP contribution is 2.48. The lowest BCUT2D eigenvalue weighted by Crippen LogP contribution is -2.14. The van der Waals surface area contributed by atoms with E-state index in [1.807, 2.05) is 6.92 Å². The number of esters is 1. The van der Waals surface area contributed by atoms with Crippen molar-refractivity contribution in [2.24, 2.45) is 5.41 Å². The summed E-state index contributed by atoms with van der Waals surface area (Å²) in [6.07, 6.45) is 2.99. The van der Waals surface area contributed by atoms with Gasteiger partial charge in [-0.25, -0.2) is 4.98 Å². The van der Waals surface area contributed by atoms with E-state index in [9.17, 15) is 4.79 Å². The smallest absolute Gasteiger partial charge is 0.315 e. The van der Waals surface area contributed by atoms with Crippen molar-refractivity contribution < 1.29 is 9.53 Å². The maximum Gasteiger partial charge on any atom is 0.315 e. The molecule has 1 N–H and O–H groups in total. The molecule has 0 amide bonds. The summed E-state index contributed by atoms with van der Waals surface area (Å²) in [5, 5.41) is 4.45. The Morgan fingerprint density at radius 1 is 1.58 bits per heavy atom. The molecular weight excluding hydrogens is 260 g/mol. The van der Waals surface area contributed by atoms with Crippen molar-refractivity contribution in [3.05, 3.63) is 10.6 Å². The van der Waals surface area contributed by atoms with Gasteiger partial charge in [0, 0.05) is 10.9 Å². The number of hydrogen-bond acceptors (Lipinski definition) is 5. The molecule has 1 fully saturated rings. The second-order valence-corrected chi connectivity index (χ2v) is 7.14. The van der Waals surface area contributed by atoms with Crippen molar-refractivity contribution in [1.82, 2.24) is 4.98 Å². The fourth-order valence-corrected chi connectivity index (χ4v) is 3.71. The Hall–Kier alpha value is -1.10. The minimum absolute atomic E-state index is 0.121. The highest BCUT2D eigenvalue weighted by atomic mass is 32.1. The highest BCUT2D eigenvalue weighted by molar-refractivity contribution is 7.15. The molecular formula is C14H20N2O2S. The van der Waals surface area contributed by atoms with Gasteiger partial charge in [-0.1, -0.05) is 13.8 Å². The van der Waals surface area contributed by atoms with E-state index in [2.05, 4.69) is 24.1 Å². The molecule has 0 radical (unpaired) electrons. The first-order chi connectivity index (χ1) is 9.01. The molecule has 3 rings (SSSR count). The molecule has 1 aromatic rings. The lowest BCUT2D eigenvalue weighted by Gasteiger charge is -2.08. The Labute approximate surface area is 117 Å². The van der Waals surface area contributed by atoms with Crippen molar-refractivity contribution in [3.8, 4) is 0 Å². The van der Waals surface area contributed by atoms with Gasteiger partial charge in [-0.2, -0.15) is 0 Å². The molecule has 5 heteroatoms. The summed E-state index contributed by atoms with van der Waals surface area (Å²) in [6, 6.07) is 0.528. The summed E-state index contributed by atoms with van der Waals surface area (Å²) in [7, 11) is 0. The van der Waals surface area contributed by atoms with Crippen molar-refractivity contribution in [1.29, 1.82) is 0 Å². The lowest BCUT2D eigenvalue weighted by atomic mass is 10.1. The number of nitrogens with zero attached hydrogens (tertiary/aromatic N) is 1. The topological polar surface area (TPSA) is 51.2 Å². The van der Waals surface area contributed by atoms with Crippen molar-refractivity contribution >= 4 is 22.4 Å². The summed E-state index contributed by atoms with van der Waals surface area (Å²) >= 11 is 1.70. The average molecular weight is 280 g/mol. The van der Waals surface area contributed by atoms with E-state index in [1.165, 1.54) is 11.3 Å². The normalized spacial score (nSPS) is 26.9. The Morgan fingerprint density at radius 3 is 2.95 bits per heavy atom. The van der Waals surface area contributed by atoms with Crippen LogP contribution in [-0.4, -0.2) is 23.6 Å². The number of anilines is 1. The third kappa shape index (κ3) is 2.36. The average Bonchev–Trinajstić information content (AvgIpc) is 2.69. The number of thiazole rings is 1. The molecule has 104 valence electrons. The van der Waals surface area contributed by atoms with Gasteiger partial charge >= 0.3 is 5.97 Å². The summed E-state index contributed by atoms with van der Waals surface area (Å²) in [5.74, 6) is -0.265. The summed E-state index contributed by atoms with van der Waals surface area (Å²) in [5.41, 5.74) is 1.33. The fourth-order valence-electron chi connectivity index (χ4n) is 2.62. The monoisotopic (exact) mass is 280 g/mol. The van der Waals surface area contributed by atoms with Gasteiger partial charge < -0.3 is 10.1 Å². The first-order valence-corrected chi connectivity index (χ1v) is 7.75. The number of aromatic nitrogens is 1. The second kappa shape index (κ2) is 4.47. The van der Waals surface area contributed by atoms with E-state index in [4.69, 9.17) is 4.74 Å². The van der Waals surface area contributed by atoms with Crippen molar-refractivity contribution in [3.63, 3.8) is 0 Å². The first kappa shape index (κ1) is 12.9. The molecule has 2 aliphatic carbocycles. The minimum atomic E-state index is -0.144. The van der Waals surface area contributed by atoms with Crippen LogP contribution >= 0.6 is 11.3 Å². The fraction of sp³-hybridized carbons (Fsp3) is 0.714. The Balaban J connectivity index is 1.72. The number of nitrogens with one attached hydrogen (secondary N) is 1. The standard InChI is InChI=1S/C14H20N2O2S/c1-4-18-12(17)8-5-6-9-11(8)16-13(19-9)15-10-7-14(10,2)3/h8,10H,4-7H2,1-3H3,(H,15,16). The van der Waals surface area contributed by atoms with Crippen LogP contribution in [0.1, 0.15) is 50.1 Å². The van der Waals surface area contributed by atoms with E-state index in [1.54, 1.807) is 11.3 Å². The van der Waals surface area contributed by atoms with E-state index >= 15 is 0 Å². The molecule has 0 spiro atoms. The van der Waals surface area contributed by atoms with Gasteiger partial charge in [-0.05, 0) is 31.6 Å². The molecule has 0 saturated heterocycles. The lowest BCUT2D eigenvalue weighted by molar-refractivity contribution is -0.145. The Morgan fingerprint density at radius 2 is 2.32 bits per heavy atom. The van der Waals surface area contributed by atoms with Crippen LogP contribution in [0.15, 0.2) is 0 Å². The van der Waals surface area contributed by atoms with Gasteiger partial charge in [-0.3, -0.25) is 4.79 Å². The van der Waals surface area contributed by atoms with Gasteiger partial charge in [0.25, 0.3) is 0 Å². The van der Waals surface area contributed by atoms with Gasteiger partial charge in [0.15, 0.2) is 5.13 Å². The Kier molecular flexibility index (Phi) is 3.04. The molecule has 2 aliphatic rings. The Bertz CT molecular complexity index is 510. The van der Waals surface area contributed by atoms with Crippen LogP contribution in [-0.2, 0) is 16.0 Å². The maximum atomic E-state index is 11.9. The molecule has 2 unspecified atom stereocenters. The molecule has 1 aromatic heterocycles. The quantitative estimate of drug-likeness (QED) is 0.862. The number of rotatable bonds is 4. The first-order valence-electron chi connectivity index (χ1n) is 6.94. The highest BCUT2D eigenvalue weighted by Gasteiger charge is 2.46. The van der Waals surface area contributed by atoms with Crippen molar-refractivity contribution in [2.45, 2.75) is 52.0 Å². The summed E-state index contributed by atoms with van der Waals surface area (Å²) < 4.78 is 5.12. The molecule has 1 heterocycles. The largest absolute Gasteiger partial charge is 0.465 e. The van der Waals surface area contributed by atoms with E-state index < -0.39 is 0 Å².